The quantitative estimate of drug-likeness (QED) is 0.859. The minimum Gasteiger partial charge on any atom is -0.479 e. The topological polar surface area (TPSA) is 82.6 Å². The molecule has 0 aliphatic carbocycles. The van der Waals surface area contributed by atoms with Crippen LogP contribution in [0.5, 0.6) is 0 Å². The van der Waals surface area contributed by atoms with Crippen LogP contribution < -0.4 is 0 Å². The van der Waals surface area contributed by atoms with E-state index >= 15 is 0 Å². The summed E-state index contributed by atoms with van der Waals surface area (Å²) in [5.41, 5.74) is 1.44. The number of carbonyl (C=O) groups is 2. The van der Waals surface area contributed by atoms with E-state index in [-0.39, 0.29) is 19.1 Å². The summed E-state index contributed by atoms with van der Waals surface area (Å²) in [7, 11) is 0. The highest BCUT2D eigenvalue weighted by Gasteiger charge is 2.29. The predicted octanol–water partition coefficient (Wildman–Crippen LogP) is 1.09. The zero-order valence-corrected chi connectivity index (χ0v) is 10.7. The maximum absolute atomic E-state index is 12.4. The van der Waals surface area contributed by atoms with Gasteiger partial charge in [0.2, 0.25) is 0 Å². The number of aromatic nitrogens is 1. The van der Waals surface area contributed by atoms with Gasteiger partial charge in [0, 0.05) is 23.8 Å². The summed E-state index contributed by atoms with van der Waals surface area (Å²) in [4.78, 5) is 27.9. The molecule has 1 aliphatic rings. The van der Waals surface area contributed by atoms with Gasteiger partial charge in [-0.1, -0.05) is 6.07 Å². The average Bonchev–Trinajstić information content (AvgIpc) is 2.94. The number of benzene rings is 1. The molecule has 1 atom stereocenters. The number of aliphatic carboxylic acids is 1. The van der Waals surface area contributed by atoms with Gasteiger partial charge in [0.1, 0.15) is 0 Å². The third-order valence-corrected chi connectivity index (χ3v) is 3.43. The number of ether oxygens (including phenoxy) is 1. The fourth-order valence-electron chi connectivity index (χ4n) is 2.35. The molecule has 2 aromatic rings. The third kappa shape index (κ3) is 2.25. The third-order valence-electron chi connectivity index (χ3n) is 3.43. The summed E-state index contributed by atoms with van der Waals surface area (Å²) in [6.45, 7) is 0.732. The van der Waals surface area contributed by atoms with Crippen molar-refractivity contribution >= 4 is 22.8 Å². The molecular weight excluding hydrogens is 260 g/mol. The second-order valence-corrected chi connectivity index (χ2v) is 4.73. The summed E-state index contributed by atoms with van der Waals surface area (Å²) in [6, 6.07) is 7.33. The van der Waals surface area contributed by atoms with Gasteiger partial charge < -0.3 is 19.7 Å². The molecule has 0 saturated carbocycles. The molecule has 0 spiro atoms. The minimum atomic E-state index is -1.04. The van der Waals surface area contributed by atoms with Gasteiger partial charge in [0.05, 0.1) is 13.2 Å². The predicted molar refractivity (Wildman–Crippen MR) is 71.6 cm³/mol. The van der Waals surface area contributed by atoms with Crippen LogP contribution in [0, 0.1) is 0 Å². The van der Waals surface area contributed by atoms with Gasteiger partial charge in [0.15, 0.2) is 6.10 Å². The smallest absolute Gasteiger partial charge is 0.334 e. The van der Waals surface area contributed by atoms with Crippen LogP contribution in [0.25, 0.3) is 10.9 Å². The van der Waals surface area contributed by atoms with Crippen molar-refractivity contribution in [3.8, 4) is 0 Å². The number of hydrogen-bond donors (Lipinski definition) is 2. The van der Waals surface area contributed by atoms with Crippen molar-refractivity contribution in [1.29, 1.82) is 0 Å². The number of hydrogen-bond acceptors (Lipinski definition) is 3. The average molecular weight is 274 g/mol. The molecule has 1 amide bonds. The summed E-state index contributed by atoms with van der Waals surface area (Å²) in [6.07, 6.45) is 0.871. The van der Waals surface area contributed by atoms with E-state index in [2.05, 4.69) is 4.98 Å². The molecular formula is C14H14N2O4. The molecule has 1 unspecified atom stereocenters. The maximum Gasteiger partial charge on any atom is 0.334 e. The molecule has 0 bridgehead atoms. The van der Waals surface area contributed by atoms with Crippen molar-refractivity contribution in [3.63, 3.8) is 0 Å². The summed E-state index contributed by atoms with van der Waals surface area (Å²) in [5, 5.41) is 9.99. The van der Waals surface area contributed by atoms with E-state index in [1.807, 2.05) is 18.3 Å². The standard InChI is InChI=1S/C14H14N2O4/c17-13(16-5-6-20-12(8-16)14(18)19)10-2-1-9-3-4-15-11(9)7-10/h1-4,7,12,15H,5-6,8H2,(H,18,19). The second-order valence-electron chi connectivity index (χ2n) is 4.73. The molecule has 104 valence electrons. The van der Waals surface area contributed by atoms with Crippen LogP contribution in [0.2, 0.25) is 0 Å². The van der Waals surface area contributed by atoms with Crippen molar-refractivity contribution in [2.45, 2.75) is 6.10 Å². The van der Waals surface area contributed by atoms with Crippen LogP contribution in [0.1, 0.15) is 10.4 Å². The molecule has 1 aromatic carbocycles. The van der Waals surface area contributed by atoms with Crippen molar-refractivity contribution in [2.75, 3.05) is 19.7 Å². The van der Waals surface area contributed by atoms with Gasteiger partial charge in [-0.2, -0.15) is 0 Å². The van der Waals surface area contributed by atoms with E-state index in [0.717, 1.165) is 10.9 Å². The zero-order valence-electron chi connectivity index (χ0n) is 10.7. The van der Waals surface area contributed by atoms with Gasteiger partial charge in [-0.3, -0.25) is 4.79 Å². The number of nitrogens with one attached hydrogen (secondary N) is 1. The number of carboxylic acid groups (broad SMARTS) is 1. The van der Waals surface area contributed by atoms with E-state index in [4.69, 9.17) is 9.84 Å². The Morgan fingerprint density at radius 3 is 3.00 bits per heavy atom. The van der Waals surface area contributed by atoms with Crippen LogP contribution in [0.3, 0.4) is 0 Å². The lowest BCUT2D eigenvalue weighted by atomic mass is 10.1. The van der Waals surface area contributed by atoms with Crippen LogP contribution >= 0.6 is 0 Å². The number of H-pyrrole nitrogens is 1. The Morgan fingerprint density at radius 1 is 1.35 bits per heavy atom. The normalized spacial score (nSPS) is 19.2. The SMILES string of the molecule is O=C(O)C1CN(C(=O)c2ccc3cc[nH]c3c2)CCO1. The maximum atomic E-state index is 12.4. The molecule has 6 nitrogen and oxygen atoms in total. The molecule has 1 fully saturated rings. The number of aromatic amines is 1. The summed E-state index contributed by atoms with van der Waals surface area (Å²) < 4.78 is 5.11. The molecule has 1 aromatic heterocycles. The summed E-state index contributed by atoms with van der Waals surface area (Å²) in [5.74, 6) is -1.21. The monoisotopic (exact) mass is 274 g/mol. The van der Waals surface area contributed by atoms with Gasteiger partial charge in [0.25, 0.3) is 5.91 Å². The Balaban J connectivity index is 1.82. The molecule has 6 heteroatoms. The number of fused-ring (bicyclic) bond motifs is 1. The van der Waals surface area contributed by atoms with Gasteiger partial charge in [-0.15, -0.1) is 0 Å². The molecule has 2 N–H and O–H groups in total. The first-order chi connectivity index (χ1) is 9.65. The largest absolute Gasteiger partial charge is 0.479 e. The van der Waals surface area contributed by atoms with Crippen molar-refractivity contribution in [1.82, 2.24) is 9.88 Å². The van der Waals surface area contributed by atoms with Crippen molar-refractivity contribution < 1.29 is 19.4 Å². The van der Waals surface area contributed by atoms with Crippen LogP contribution in [-0.4, -0.2) is 52.7 Å². The Hall–Kier alpha value is -2.34. The number of morpholine rings is 1. The van der Waals surface area contributed by atoms with E-state index < -0.39 is 12.1 Å². The lowest BCUT2D eigenvalue weighted by molar-refractivity contribution is -0.154. The minimum absolute atomic E-state index is 0.0803. The first-order valence-electron chi connectivity index (χ1n) is 6.36. The molecule has 1 aliphatic heterocycles. The number of carbonyl (C=O) groups excluding carboxylic acids is 1. The Kier molecular flexibility index (Phi) is 3.15. The summed E-state index contributed by atoms with van der Waals surface area (Å²) >= 11 is 0. The number of carboxylic acids is 1. The fraction of sp³-hybridized carbons (Fsp3) is 0.286. The molecule has 2 heterocycles. The van der Waals surface area contributed by atoms with Gasteiger partial charge >= 0.3 is 5.97 Å². The lowest BCUT2D eigenvalue weighted by Gasteiger charge is -2.30. The Bertz CT molecular complexity index is 664. The van der Waals surface area contributed by atoms with Crippen LogP contribution in [0.15, 0.2) is 30.5 Å². The zero-order chi connectivity index (χ0) is 14.1. The lowest BCUT2D eigenvalue weighted by Crippen LogP contribution is -2.48. The highest BCUT2D eigenvalue weighted by molar-refractivity contribution is 5.98. The number of amides is 1. The fourth-order valence-corrected chi connectivity index (χ4v) is 2.35. The van der Waals surface area contributed by atoms with Gasteiger partial charge in [-0.05, 0) is 23.6 Å². The van der Waals surface area contributed by atoms with E-state index in [0.29, 0.717) is 12.1 Å². The highest BCUT2D eigenvalue weighted by atomic mass is 16.5. The highest BCUT2D eigenvalue weighted by Crippen LogP contribution is 2.17. The molecule has 3 rings (SSSR count). The first kappa shape index (κ1) is 12.7. The van der Waals surface area contributed by atoms with Gasteiger partial charge in [-0.25, -0.2) is 4.79 Å². The number of nitrogens with zero attached hydrogens (tertiary/aromatic N) is 1. The van der Waals surface area contributed by atoms with E-state index in [1.165, 1.54) is 4.90 Å². The molecule has 1 saturated heterocycles. The Labute approximate surface area is 114 Å². The van der Waals surface area contributed by atoms with Crippen molar-refractivity contribution in [3.05, 3.63) is 36.0 Å². The Morgan fingerprint density at radius 2 is 2.20 bits per heavy atom. The number of rotatable bonds is 2. The van der Waals surface area contributed by atoms with Crippen molar-refractivity contribution in [2.24, 2.45) is 0 Å². The van der Waals surface area contributed by atoms with E-state index in [1.54, 1.807) is 12.1 Å². The molecule has 0 radical (unpaired) electrons. The van der Waals surface area contributed by atoms with E-state index in [9.17, 15) is 9.59 Å². The molecule has 20 heavy (non-hydrogen) atoms. The second kappa shape index (κ2) is 4.97. The van der Waals surface area contributed by atoms with Crippen LogP contribution in [-0.2, 0) is 9.53 Å². The van der Waals surface area contributed by atoms with Crippen LogP contribution in [0.4, 0.5) is 0 Å². The first-order valence-corrected chi connectivity index (χ1v) is 6.36.